The summed E-state index contributed by atoms with van der Waals surface area (Å²) in [4.78, 5) is 0. The minimum Gasteiger partial charge on any atom is -0.496 e. The predicted octanol–water partition coefficient (Wildman–Crippen LogP) is 3.53. The van der Waals surface area contributed by atoms with E-state index in [1.54, 1.807) is 13.2 Å². The molecule has 0 bridgehead atoms. The van der Waals surface area contributed by atoms with Gasteiger partial charge in [-0.1, -0.05) is 12.1 Å². The zero-order valence-electron chi connectivity index (χ0n) is 11.5. The highest BCUT2D eigenvalue weighted by molar-refractivity contribution is 5.66. The summed E-state index contributed by atoms with van der Waals surface area (Å²) in [7, 11) is 3.47. The first-order chi connectivity index (χ1) is 9.15. The molecule has 100 valence electrons. The second kappa shape index (κ2) is 5.85. The minimum atomic E-state index is -0.177. The topological polar surface area (TPSA) is 21.3 Å². The lowest BCUT2D eigenvalue weighted by Gasteiger charge is -2.10. The number of methoxy groups -OCH3 is 1. The first-order valence-electron chi connectivity index (χ1n) is 6.23. The Bertz CT molecular complexity index is 581. The molecule has 3 heteroatoms. The van der Waals surface area contributed by atoms with Crippen molar-refractivity contribution in [1.29, 1.82) is 0 Å². The van der Waals surface area contributed by atoms with Gasteiger partial charge in [0.1, 0.15) is 11.6 Å². The van der Waals surface area contributed by atoms with E-state index in [-0.39, 0.29) is 5.82 Å². The third-order valence-electron chi connectivity index (χ3n) is 3.14. The Morgan fingerprint density at radius 3 is 2.42 bits per heavy atom. The quantitative estimate of drug-likeness (QED) is 0.907. The van der Waals surface area contributed by atoms with Crippen LogP contribution in [-0.4, -0.2) is 14.2 Å². The standard InChI is InChI=1S/C16H18FNO/c1-11-8-12(5-7-16(11)19-3)13-4-6-15(17)14(9-13)10-18-2/h4-9,18H,10H2,1-3H3. The van der Waals surface area contributed by atoms with E-state index in [0.717, 1.165) is 22.4 Å². The van der Waals surface area contributed by atoms with Gasteiger partial charge in [-0.2, -0.15) is 0 Å². The SMILES string of the molecule is CNCc1cc(-c2ccc(OC)c(C)c2)ccc1F. The minimum absolute atomic E-state index is 0.177. The smallest absolute Gasteiger partial charge is 0.127 e. The molecule has 2 rings (SSSR count). The van der Waals surface area contributed by atoms with Crippen molar-refractivity contribution in [3.63, 3.8) is 0 Å². The lowest BCUT2D eigenvalue weighted by atomic mass is 10.0. The Morgan fingerprint density at radius 2 is 1.79 bits per heavy atom. The third kappa shape index (κ3) is 2.93. The van der Waals surface area contributed by atoms with Crippen molar-refractivity contribution in [3.05, 3.63) is 53.3 Å². The van der Waals surface area contributed by atoms with Gasteiger partial charge >= 0.3 is 0 Å². The lowest BCUT2D eigenvalue weighted by Crippen LogP contribution is -2.07. The summed E-state index contributed by atoms with van der Waals surface area (Å²) >= 11 is 0. The van der Waals surface area contributed by atoms with Crippen molar-refractivity contribution in [1.82, 2.24) is 5.32 Å². The van der Waals surface area contributed by atoms with Gasteiger partial charge in [0.15, 0.2) is 0 Å². The second-order valence-electron chi connectivity index (χ2n) is 4.52. The van der Waals surface area contributed by atoms with Crippen molar-refractivity contribution < 1.29 is 9.13 Å². The average Bonchev–Trinajstić information content (AvgIpc) is 2.41. The molecule has 2 aromatic carbocycles. The maximum absolute atomic E-state index is 13.6. The molecule has 0 saturated carbocycles. The summed E-state index contributed by atoms with van der Waals surface area (Å²) in [5.74, 6) is 0.685. The summed E-state index contributed by atoms with van der Waals surface area (Å²) in [6, 6.07) is 11.2. The number of rotatable bonds is 4. The summed E-state index contributed by atoms with van der Waals surface area (Å²) in [5, 5.41) is 2.97. The maximum atomic E-state index is 13.6. The molecule has 0 saturated heterocycles. The van der Waals surface area contributed by atoms with E-state index in [9.17, 15) is 4.39 Å². The van der Waals surface area contributed by atoms with E-state index in [0.29, 0.717) is 12.1 Å². The van der Waals surface area contributed by atoms with Crippen LogP contribution in [0.25, 0.3) is 11.1 Å². The van der Waals surface area contributed by atoms with Crippen LogP contribution in [0.4, 0.5) is 4.39 Å². The first kappa shape index (κ1) is 13.6. The number of ether oxygens (including phenoxy) is 1. The van der Waals surface area contributed by atoms with E-state index in [2.05, 4.69) is 11.4 Å². The van der Waals surface area contributed by atoms with E-state index in [4.69, 9.17) is 4.74 Å². The van der Waals surface area contributed by atoms with Crippen molar-refractivity contribution in [3.8, 4) is 16.9 Å². The highest BCUT2D eigenvalue weighted by atomic mass is 19.1. The Balaban J connectivity index is 2.41. The summed E-state index contributed by atoms with van der Waals surface area (Å²) in [6.45, 7) is 2.52. The zero-order chi connectivity index (χ0) is 13.8. The van der Waals surface area contributed by atoms with Crippen LogP contribution in [0.15, 0.2) is 36.4 Å². The normalized spacial score (nSPS) is 10.5. The van der Waals surface area contributed by atoms with Crippen LogP contribution < -0.4 is 10.1 Å². The molecule has 2 aromatic rings. The van der Waals surface area contributed by atoms with Crippen LogP contribution in [0.3, 0.4) is 0 Å². The van der Waals surface area contributed by atoms with Gasteiger partial charge in [-0.3, -0.25) is 0 Å². The maximum Gasteiger partial charge on any atom is 0.127 e. The van der Waals surface area contributed by atoms with Gasteiger partial charge in [0.2, 0.25) is 0 Å². The zero-order valence-corrected chi connectivity index (χ0v) is 11.5. The molecule has 0 amide bonds. The summed E-state index contributed by atoms with van der Waals surface area (Å²) < 4.78 is 18.9. The van der Waals surface area contributed by atoms with E-state index < -0.39 is 0 Å². The molecule has 1 N–H and O–H groups in total. The number of hydrogen-bond donors (Lipinski definition) is 1. The molecule has 0 fully saturated rings. The van der Waals surface area contributed by atoms with Gasteiger partial charge in [-0.05, 0) is 54.9 Å². The number of nitrogens with one attached hydrogen (secondary N) is 1. The van der Waals surface area contributed by atoms with Crippen molar-refractivity contribution in [2.24, 2.45) is 0 Å². The van der Waals surface area contributed by atoms with E-state index in [1.807, 2.05) is 32.2 Å². The Hall–Kier alpha value is -1.87. The Kier molecular flexibility index (Phi) is 4.17. The molecular weight excluding hydrogens is 241 g/mol. The average molecular weight is 259 g/mol. The highest BCUT2D eigenvalue weighted by Crippen LogP contribution is 2.27. The van der Waals surface area contributed by atoms with Crippen LogP contribution >= 0.6 is 0 Å². The second-order valence-corrected chi connectivity index (χ2v) is 4.52. The number of halogens is 1. The molecular formula is C16H18FNO. The van der Waals surface area contributed by atoms with E-state index in [1.165, 1.54) is 6.07 Å². The molecule has 0 unspecified atom stereocenters. The van der Waals surface area contributed by atoms with Gasteiger partial charge < -0.3 is 10.1 Å². The fourth-order valence-corrected chi connectivity index (χ4v) is 2.14. The largest absolute Gasteiger partial charge is 0.496 e. The molecule has 2 nitrogen and oxygen atoms in total. The number of aryl methyl sites for hydroxylation is 1. The monoisotopic (exact) mass is 259 g/mol. The molecule has 0 spiro atoms. The Morgan fingerprint density at radius 1 is 1.11 bits per heavy atom. The fraction of sp³-hybridized carbons (Fsp3) is 0.250. The molecule has 0 aliphatic heterocycles. The van der Waals surface area contributed by atoms with Crippen molar-refractivity contribution in [2.75, 3.05) is 14.2 Å². The van der Waals surface area contributed by atoms with E-state index >= 15 is 0 Å². The summed E-state index contributed by atoms with van der Waals surface area (Å²) in [5.41, 5.74) is 3.82. The van der Waals surface area contributed by atoms with Crippen molar-refractivity contribution in [2.45, 2.75) is 13.5 Å². The predicted molar refractivity (Wildman–Crippen MR) is 75.9 cm³/mol. The first-order valence-corrected chi connectivity index (χ1v) is 6.23. The molecule has 0 aliphatic carbocycles. The molecule has 0 heterocycles. The lowest BCUT2D eigenvalue weighted by molar-refractivity contribution is 0.412. The van der Waals surface area contributed by atoms with Crippen molar-refractivity contribution >= 4 is 0 Å². The van der Waals surface area contributed by atoms with Gasteiger partial charge in [-0.25, -0.2) is 4.39 Å². The fourth-order valence-electron chi connectivity index (χ4n) is 2.14. The third-order valence-corrected chi connectivity index (χ3v) is 3.14. The van der Waals surface area contributed by atoms with Crippen LogP contribution in [0.5, 0.6) is 5.75 Å². The number of hydrogen-bond acceptors (Lipinski definition) is 2. The molecule has 0 aliphatic rings. The van der Waals surface area contributed by atoms with Gasteiger partial charge in [0.25, 0.3) is 0 Å². The highest BCUT2D eigenvalue weighted by Gasteiger charge is 2.06. The molecule has 0 radical (unpaired) electrons. The Labute approximate surface area is 113 Å². The van der Waals surface area contributed by atoms with Crippen LogP contribution in [0, 0.1) is 12.7 Å². The van der Waals surface area contributed by atoms with Gasteiger partial charge in [0.05, 0.1) is 7.11 Å². The van der Waals surface area contributed by atoms with Gasteiger partial charge in [-0.15, -0.1) is 0 Å². The molecule has 0 aromatic heterocycles. The molecule has 19 heavy (non-hydrogen) atoms. The van der Waals surface area contributed by atoms with Gasteiger partial charge in [0, 0.05) is 12.1 Å². The van der Waals surface area contributed by atoms with Crippen LogP contribution in [0.1, 0.15) is 11.1 Å². The molecule has 0 atom stereocenters. The van der Waals surface area contributed by atoms with Crippen LogP contribution in [-0.2, 0) is 6.54 Å². The number of benzene rings is 2. The summed E-state index contributed by atoms with van der Waals surface area (Å²) in [6.07, 6.45) is 0. The van der Waals surface area contributed by atoms with Crippen LogP contribution in [0.2, 0.25) is 0 Å².